The molecule has 0 N–H and O–H groups in total. The zero-order valence-corrected chi connectivity index (χ0v) is 29.5. The molecule has 0 aliphatic rings. The molecule has 0 saturated carbocycles. The second-order valence-electron chi connectivity index (χ2n) is 13.7. The van der Waals surface area contributed by atoms with E-state index >= 15 is 0 Å². The molecule has 0 saturated heterocycles. The van der Waals surface area contributed by atoms with Gasteiger partial charge >= 0.3 is 0 Å². The van der Waals surface area contributed by atoms with E-state index in [1.807, 2.05) is 11.3 Å². The molecule has 248 valence electrons. The van der Waals surface area contributed by atoms with Crippen molar-refractivity contribution in [1.29, 1.82) is 0 Å². The summed E-state index contributed by atoms with van der Waals surface area (Å²) in [6, 6.07) is 68.0. The van der Waals surface area contributed by atoms with Crippen molar-refractivity contribution >= 4 is 92.1 Å². The first kappa shape index (κ1) is 30.0. The van der Waals surface area contributed by atoms with Gasteiger partial charge in [-0.1, -0.05) is 140 Å². The SMILES string of the molecule is c1ccc(-c2ccc(-c3ccc(N(c4ccc5c(c4)sc4ccccc45)c4ccc5ccc6ccccc6c5c4)c4c3oc3ccccc34)cc2)cc1. The third kappa shape index (κ3) is 4.86. The molecule has 11 aromatic rings. The zero-order chi connectivity index (χ0) is 34.9. The van der Waals surface area contributed by atoms with Crippen molar-refractivity contribution in [3.05, 3.63) is 188 Å². The van der Waals surface area contributed by atoms with Gasteiger partial charge in [-0.2, -0.15) is 0 Å². The summed E-state index contributed by atoms with van der Waals surface area (Å²) in [7, 11) is 0. The number of anilines is 3. The number of fused-ring (bicyclic) bond motifs is 9. The summed E-state index contributed by atoms with van der Waals surface area (Å²) in [5.74, 6) is 0. The van der Waals surface area contributed by atoms with Gasteiger partial charge in [0, 0.05) is 42.5 Å². The van der Waals surface area contributed by atoms with E-state index in [1.54, 1.807) is 0 Å². The Morgan fingerprint density at radius 3 is 1.89 bits per heavy atom. The lowest BCUT2D eigenvalue weighted by Gasteiger charge is -2.27. The molecule has 53 heavy (non-hydrogen) atoms. The largest absolute Gasteiger partial charge is 0.455 e. The Balaban J connectivity index is 1.17. The van der Waals surface area contributed by atoms with Gasteiger partial charge < -0.3 is 9.32 Å². The van der Waals surface area contributed by atoms with Gasteiger partial charge in [-0.3, -0.25) is 0 Å². The molecule has 2 nitrogen and oxygen atoms in total. The van der Waals surface area contributed by atoms with Gasteiger partial charge in [0.25, 0.3) is 0 Å². The molecule has 11 rings (SSSR count). The molecule has 0 amide bonds. The molecular formula is C50H31NOS. The number of hydrogen-bond acceptors (Lipinski definition) is 3. The average molecular weight is 694 g/mol. The van der Waals surface area contributed by atoms with E-state index in [4.69, 9.17) is 4.42 Å². The number of benzene rings is 9. The van der Waals surface area contributed by atoms with Gasteiger partial charge in [-0.05, 0) is 86.8 Å². The Labute approximate surface area is 310 Å². The quantitative estimate of drug-likeness (QED) is 0.167. The highest BCUT2D eigenvalue weighted by atomic mass is 32.1. The Morgan fingerprint density at radius 1 is 0.396 bits per heavy atom. The van der Waals surface area contributed by atoms with Gasteiger partial charge in [0.1, 0.15) is 11.2 Å². The second kappa shape index (κ2) is 11.9. The summed E-state index contributed by atoms with van der Waals surface area (Å²) in [6.45, 7) is 0. The van der Waals surface area contributed by atoms with Crippen molar-refractivity contribution in [2.45, 2.75) is 0 Å². The number of rotatable bonds is 5. The Hall–Kier alpha value is -6.68. The van der Waals surface area contributed by atoms with Crippen LogP contribution in [0.2, 0.25) is 0 Å². The smallest absolute Gasteiger partial charge is 0.145 e. The van der Waals surface area contributed by atoms with E-state index in [9.17, 15) is 0 Å². The molecule has 2 aromatic heterocycles. The molecule has 0 unspecified atom stereocenters. The first-order valence-corrected chi connectivity index (χ1v) is 18.8. The van der Waals surface area contributed by atoms with Crippen molar-refractivity contribution in [2.24, 2.45) is 0 Å². The van der Waals surface area contributed by atoms with Gasteiger partial charge in [-0.15, -0.1) is 11.3 Å². The van der Waals surface area contributed by atoms with Crippen LogP contribution in [-0.4, -0.2) is 0 Å². The molecule has 0 radical (unpaired) electrons. The van der Waals surface area contributed by atoms with Crippen LogP contribution in [0.25, 0.3) is 85.9 Å². The lowest BCUT2D eigenvalue weighted by molar-refractivity contribution is 0.670. The highest BCUT2D eigenvalue weighted by molar-refractivity contribution is 7.25. The predicted molar refractivity (Wildman–Crippen MR) is 227 cm³/mol. The van der Waals surface area contributed by atoms with Gasteiger partial charge in [0.2, 0.25) is 0 Å². The van der Waals surface area contributed by atoms with E-state index in [1.165, 1.54) is 52.8 Å². The van der Waals surface area contributed by atoms with Crippen molar-refractivity contribution < 1.29 is 4.42 Å². The molecule has 3 heteroatoms. The normalized spacial score (nSPS) is 11.8. The first-order chi connectivity index (χ1) is 26.3. The highest BCUT2D eigenvalue weighted by Gasteiger charge is 2.23. The number of hydrogen-bond donors (Lipinski definition) is 0. The van der Waals surface area contributed by atoms with Crippen LogP contribution in [0, 0.1) is 0 Å². The van der Waals surface area contributed by atoms with Crippen LogP contribution in [0.15, 0.2) is 192 Å². The van der Waals surface area contributed by atoms with Crippen molar-refractivity contribution in [2.75, 3.05) is 4.90 Å². The summed E-state index contributed by atoms with van der Waals surface area (Å²) in [5.41, 5.74) is 9.64. The summed E-state index contributed by atoms with van der Waals surface area (Å²) < 4.78 is 9.40. The number of thiophene rings is 1. The number of nitrogens with zero attached hydrogens (tertiary/aromatic N) is 1. The summed E-state index contributed by atoms with van der Waals surface area (Å²) in [6.07, 6.45) is 0. The van der Waals surface area contributed by atoms with Crippen LogP contribution in [0.1, 0.15) is 0 Å². The molecule has 0 aliphatic carbocycles. The van der Waals surface area contributed by atoms with E-state index in [0.29, 0.717) is 0 Å². The molecule has 0 aliphatic heterocycles. The second-order valence-corrected chi connectivity index (χ2v) is 14.8. The lowest BCUT2D eigenvalue weighted by atomic mass is 9.97. The van der Waals surface area contributed by atoms with Gasteiger partial charge in [0.15, 0.2) is 0 Å². The summed E-state index contributed by atoms with van der Waals surface area (Å²) in [4.78, 5) is 2.43. The Kier molecular flexibility index (Phi) is 6.76. The summed E-state index contributed by atoms with van der Waals surface area (Å²) in [5, 5.41) is 9.72. The van der Waals surface area contributed by atoms with Crippen LogP contribution < -0.4 is 4.90 Å². The van der Waals surface area contributed by atoms with Crippen molar-refractivity contribution in [1.82, 2.24) is 0 Å². The van der Waals surface area contributed by atoms with E-state index < -0.39 is 0 Å². The average Bonchev–Trinajstić information content (AvgIpc) is 3.80. The van der Waals surface area contributed by atoms with Crippen molar-refractivity contribution in [3.8, 4) is 22.3 Å². The predicted octanol–water partition coefficient (Wildman–Crippen LogP) is 15.1. The van der Waals surface area contributed by atoms with Crippen molar-refractivity contribution in [3.63, 3.8) is 0 Å². The zero-order valence-electron chi connectivity index (χ0n) is 28.7. The van der Waals surface area contributed by atoms with Crippen LogP contribution in [0.5, 0.6) is 0 Å². The Bertz CT molecular complexity index is 3170. The van der Waals surface area contributed by atoms with Gasteiger partial charge in [-0.25, -0.2) is 0 Å². The minimum absolute atomic E-state index is 0.876. The maximum absolute atomic E-state index is 6.83. The van der Waals surface area contributed by atoms with E-state index in [0.717, 1.165) is 50.1 Å². The van der Waals surface area contributed by atoms with E-state index in [-0.39, 0.29) is 0 Å². The molecule has 0 fully saturated rings. The third-order valence-electron chi connectivity index (χ3n) is 10.7. The first-order valence-electron chi connectivity index (χ1n) is 18.0. The standard InChI is InChI=1S/C50H31NOS/c1-2-10-32(11-3-1)33-18-20-35(21-19-33)40-28-29-45(49-43-15-6-8-16-46(43)52-50(40)49)51(38-26-27-42-41-14-7-9-17-47(41)53-48(42)31-38)37-25-24-36-23-22-34-12-4-5-13-39(34)44(36)30-37/h1-31H. The molecule has 0 atom stereocenters. The molecule has 0 spiro atoms. The molecular weight excluding hydrogens is 663 g/mol. The van der Waals surface area contributed by atoms with Crippen LogP contribution in [-0.2, 0) is 0 Å². The highest BCUT2D eigenvalue weighted by Crippen LogP contribution is 2.48. The van der Waals surface area contributed by atoms with Gasteiger partial charge in [0.05, 0.1) is 11.1 Å². The van der Waals surface area contributed by atoms with Crippen LogP contribution in [0.4, 0.5) is 17.1 Å². The lowest BCUT2D eigenvalue weighted by Crippen LogP contribution is -2.10. The number of furan rings is 1. The maximum atomic E-state index is 6.83. The fourth-order valence-electron chi connectivity index (χ4n) is 8.11. The fraction of sp³-hybridized carbons (Fsp3) is 0. The monoisotopic (exact) mass is 693 g/mol. The number of para-hydroxylation sites is 1. The molecule has 0 bridgehead atoms. The third-order valence-corrected chi connectivity index (χ3v) is 11.8. The maximum Gasteiger partial charge on any atom is 0.145 e. The topological polar surface area (TPSA) is 16.4 Å². The van der Waals surface area contributed by atoms with Crippen LogP contribution in [0.3, 0.4) is 0 Å². The van der Waals surface area contributed by atoms with E-state index in [2.05, 4.69) is 193 Å². The molecule has 9 aromatic carbocycles. The van der Waals surface area contributed by atoms with Crippen LogP contribution >= 0.6 is 11.3 Å². The Morgan fingerprint density at radius 2 is 1.02 bits per heavy atom. The minimum Gasteiger partial charge on any atom is -0.455 e. The minimum atomic E-state index is 0.876. The summed E-state index contributed by atoms with van der Waals surface area (Å²) >= 11 is 1.85. The fourth-order valence-corrected chi connectivity index (χ4v) is 9.25. The molecule has 2 heterocycles.